The molecule has 1 amide bonds. The molecule has 0 atom stereocenters. The van der Waals surface area contributed by atoms with Crippen LogP contribution in [0.3, 0.4) is 0 Å². The van der Waals surface area contributed by atoms with Gasteiger partial charge in [-0.05, 0) is 24.5 Å². The van der Waals surface area contributed by atoms with Crippen molar-refractivity contribution in [1.29, 1.82) is 0 Å². The van der Waals surface area contributed by atoms with E-state index in [0.29, 0.717) is 19.4 Å². The Balaban J connectivity index is 2.52. The first-order valence-electron chi connectivity index (χ1n) is 5.70. The molecule has 16 heavy (non-hydrogen) atoms. The van der Waals surface area contributed by atoms with E-state index in [-0.39, 0.29) is 5.91 Å². The van der Waals surface area contributed by atoms with Crippen molar-refractivity contribution in [3.8, 4) is 0 Å². The molecule has 0 aliphatic carbocycles. The van der Waals surface area contributed by atoms with E-state index in [1.165, 1.54) is 0 Å². The maximum atomic E-state index is 11.9. The molecule has 90 valence electrons. The van der Waals surface area contributed by atoms with Crippen molar-refractivity contribution < 1.29 is 4.79 Å². The normalized spacial score (nSPS) is 11.5. The van der Waals surface area contributed by atoms with Gasteiger partial charge in [0.05, 0.1) is 5.54 Å². The lowest BCUT2D eigenvalue weighted by atomic mass is 9.93. The second kappa shape index (κ2) is 5.16. The SMILES string of the molecule is CCC(N)(CC)C(=O)NCc1ccn(C)c1. The van der Waals surface area contributed by atoms with Crippen molar-refractivity contribution in [3.05, 3.63) is 24.0 Å². The summed E-state index contributed by atoms with van der Waals surface area (Å²) in [6, 6.07) is 1.98. The van der Waals surface area contributed by atoms with Crippen LogP contribution in [-0.2, 0) is 18.4 Å². The van der Waals surface area contributed by atoms with Crippen molar-refractivity contribution in [2.75, 3.05) is 0 Å². The van der Waals surface area contributed by atoms with Gasteiger partial charge in [-0.1, -0.05) is 13.8 Å². The molecular formula is C12H21N3O. The van der Waals surface area contributed by atoms with Gasteiger partial charge >= 0.3 is 0 Å². The average Bonchev–Trinajstić information content (AvgIpc) is 2.70. The van der Waals surface area contributed by atoms with E-state index in [4.69, 9.17) is 5.73 Å². The topological polar surface area (TPSA) is 60.1 Å². The van der Waals surface area contributed by atoms with Gasteiger partial charge in [0.25, 0.3) is 0 Å². The Morgan fingerprint density at radius 2 is 2.12 bits per heavy atom. The molecule has 0 saturated carbocycles. The number of hydrogen-bond acceptors (Lipinski definition) is 2. The van der Waals surface area contributed by atoms with Crippen LogP contribution >= 0.6 is 0 Å². The number of aromatic nitrogens is 1. The Morgan fingerprint density at radius 1 is 1.50 bits per heavy atom. The summed E-state index contributed by atoms with van der Waals surface area (Å²) in [5.41, 5.74) is 6.35. The fourth-order valence-corrected chi connectivity index (χ4v) is 1.59. The van der Waals surface area contributed by atoms with E-state index in [0.717, 1.165) is 5.56 Å². The van der Waals surface area contributed by atoms with Crippen LogP contribution in [0.15, 0.2) is 18.5 Å². The second-order valence-corrected chi connectivity index (χ2v) is 4.23. The zero-order valence-electron chi connectivity index (χ0n) is 10.3. The summed E-state index contributed by atoms with van der Waals surface area (Å²) in [6.45, 7) is 4.41. The molecule has 0 radical (unpaired) electrons. The highest BCUT2D eigenvalue weighted by atomic mass is 16.2. The highest BCUT2D eigenvalue weighted by molar-refractivity contribution is 5.85. The van der Waals surface area contributed by atoms with Crippen molar-refractivity contribution in [2.24, 2.45) is 12.8 Å². The molecular weight excluding hydrogens is 202 g/mol. The van der Waals surface area contributed by atoms with Crippen molar-refractivity contribution in [3.63, 3.8) is 0 Å². The van der Waals surface area contributed by atoms with Gasteiger partial charge in [-0.2, -0.15) is 0 Å². The molecule has 0 aliphatic rings. The Hall–Kier alpha value is -1.29. The molecule has 4 heteroatoms. The fourth-order valence-electron chi connectivity index (χ4n) is 1.59. The first-order valence-corrected chi connectivity index (χ1v) is 5.70. The van der Waals surface area contributed by atoms with Gasteiger partial charge < -0.3 is 15.6 Å². The highest BCUT2D eigenvalue weighted by Gasteiger charge is 2.29. The molecule has 0 fully saturated rings. The van der Waals surface area contributed by atoms with Gasteiger partial charge in [0, 0.05) is 26.0 Å². The standard InChI is InChI=1S/C12H21N3O/c1-4-12(13,5-2)11(16)14-8-10-6-7-15(3)9-10/h6-7,9H,4-5,8,13H2,1-3H3,(H,14,16). The molecule has 3 N–H and O–H groups in total. The van der Waals surface area contributed by atoms with Gasteiger partial charge in [-0.3, -0.25) is 4.79 Å². The molecule has 0 aromatic carbocycles. The largest absolute Gasteiger partial charge is 0.357 e. The summed E-state index contributed by atoms with van der Waals surface area (Å²) in [7, 11) is 1.95. The molecule has 1 aromatic heterocycles. The number of nitrogens with two attached hydrogens (primary N) is 1. The zero-order valence-corrected chi connectivity index (χ0v) is 10.3. The molecule has 0 bridgehead atoms. The molecule has 1 heterocycles. The Labute approximate surface area is 96.8 Å². The van der Waals surface area contributed by atoms with Crippen LogP contribution in [0.4, 0.5) is 0 Å². The quantitative estimate of drug-likeness (QED) is 0.787. The van der Waals surface area contributed by atoms with Crippen molar-refractivity contribution in [2.45, 2.75) is 38.8 Å². The maximum absolute atomic E-state index is 11.9. The third-order valence-corrected chi connectivity index (χ3v) is 3.06. The summed E-state index contributed by atoms with van der Waals surface area (Å²) < 4.78 is 1.96. The van der Waals surface area contributed by atoms with Gasteiger partial charge in [-0.25, -0.2) is 0 Å². The minimum absolute atomic E-state index is 0.0682. The van der Waals surface area contributed by atoms with Gasteiger partial charge in [0.15, 0.2) is 0 Å². The monoisotopic (exact) mass is 223 g/mol. The smallest absolute Gasteiger partial charge is 0.240 e. The molecule has 0 unspecified atom stereocenters. The summed E-state index contributed by atoms with van der Waals surface area (Å²) in [5.74, 6) is -0.0682. The van der Waals surface area contributed by atoms with Crippen LogP contribution < -0.4 is 11.1 Å². The Kier molecular flexibility index (Phi) is 4.12. The minimum atomic E-state index is -0.727. The van der Waals surface area contributed by atoms with Crippen molar-refractivity contribution in [1.82, 2.24) is 9.88 Å². The average molecular weight is 223 g/mol. The van der Waals surface area contributed by atoms with E-state index in [9.17, 15) is 4.79 Å². The zero-order chi connectivity index (χ0) is 12.2. The molecule has 0 aliphatic heterocycles. The van der Waals surface area contributed by atoms with Crippen molar-refractivity contribution >= 4 is 5.91 Å². The predicted octanol–water partition coefficient (Wildman–Crippen LogP) is 1.16. The van der Waals surface area contributed by atoms with Crippen LogP contribution in [-0.4, -0.2) is 16.0 Å². The lowest BCUT2D eigenvalue weighted by Gasteiger charge is -2.25. The molecule has 4 nitrogen and oxygen atoms in total. The lowest BCUT2D eigenvalue weighted by Crippen LogP contribution is -2.52. The molecule has 0 saturated heterocycles. The first kappa shape index (κ1) is 12.8. The molecule has 0 spiro atoms. The second-order valence-electron chi connectivity index (χ2n) is 4.23. The minimum Gasteiger partial charge on any atom is -0.357 e. The van der Waals surface area contributed by atoms with E-state index in [2.05, 4.69) is 5.32 Å². The van der Waals surface area contributed by atoms with Crippen LogP contribution in [0.25, 0.3) is 0 Å². The van der Waals surface area contributed by atoms with Crippen LogP contribution in [0, 0.1) is 0 Å². The van der Waals surface area contributed by atoms with Gasteiger partial charge in [0.1, 0.15) is 0 Å². The van der Waals surface area contributed by atoms with E-state index in [1.807, 2.05) is 43.9 Å². The number of carbonyl (C=O) groups excluding carboxylic acids is 1. The molecule has 1 rings (SSSR count). The Morgan fingerprint density at radius 3 is 2.56 bits per heavy atom. The predicted molar refractivity (Wildman–Crippen MR) is 64.8 cm³/mol. The molecule has 1 aromatic rings. The van der Waals surface area contributed by atoms with E-state index in [1.54, 1.807) is 0 Å². The maximum Gasteiger partial charge on any atom is 0.240 e. The summed E-state index contributed by atoms with van der Waals surface area (Å²) in [5, 5.41) is 2.88. The third kappa shape index (κ3) is 2.85. The van der Waals surface area contributed by atoms with Crippen LogP contribution in [0.2, 0.25) is 0 Å². The number of nitrogens with one attached hydrogen (secondary N) is 1. The lowest BCUT2D eigenvalue weighted by molar-refractivity contribution is -0.126. The Bertz CT molecular complexity index is 353. The first-order chi connectivity index (χ1) is 7.51. The van der Waals surface area contributed by atoms with Crippen LogP contribution in [0.1, 0.15) is 32.3 Å². The number of amides is 1. The number of rotatable bonds is 5. The summed E-state index contributed by atoms with van der Waals surface area (Å²) in [6.07, 6.45) is 5.25. The number of hydrogen-bond donors (Lipinski definition) is 2. The highest BCUT2D eigenvalue weighted by Crippen LogP contribution is 2.11. The van der Waals surface area contributed by atoms with Crippen LogP contribution in [0.5, 0.6) is 0 Å². The summed E-state index contributed by atoms with van der Waals surface area (Å²) >= 11 is 0. The fraction of sp³-hybridized carbons (Fsp3) is 0.583. The third-order valence-electron chi connectivity index (χ3n) is 3.06. The van der Waals surface area contributed by atoms with Gasteiger partial charge in [0.2, 0.25) is 5.91 Å². The van der Waals surface area contributed by atoms with Gasteiger partial charge in [-0.15, -0.1) is 0 Å². The van der Waals surface area contributed by atoms with E-state index < -0.39 is 5.54 Å². The number of carbonyl (C=O) groups is 1. The number of nitrogens with zero attached hydrogens (tertiary/aromatic N) is 1. The summed E-state index contributed by atoms with van der Waals surface area (Å²) in [4.78, 5) is 11.9. The van der Waals surface area contributed by atoms with E-state index >= 15 is 0 Å². The number of aryl methyl sites for hydroxylation is 1.